The first-order chi connectivity index (χ1) is 20.2. The third-order valence-electron chi connectivity index (χ3n) is 8.92. The maximum absolute atomic E-state index is 15.9. The number of halogens is 2. The first kappa shape index (κ1) is 30.9. The Morgan fingerprint density at radius 2 is 1.88 bits per heavy atom. The smallest absolute Gasteiger partial charge is 0.408 e. The number of hydrogen-bond donors (Lipinski definition) is 1. The molecule has 0 radical (unpaired) electrons. The minimum absolute atomic E-state index is 0.0284. The molecule has 0 unspecified atom stereocenters. The van der Waals surface area contributed by atoms with Crippen LogP contribution in [0.15, 0.2) is 24.3 Å². The van der Waals surface area contributed by atoms with Crippen molar-refractivity contribution in [3.63, 3.8) is 0 Å². The van der Waals surface area contributed by atoms with Gasteiger partial charge in [0.1, 0.15) is 29.7 Å². The summed E-state index contributed by atoms with van der Waals surface area (Å²) in [5.41, 5.74) is -0.792. The number of ketones is 1. The second-order valence-corrected chi connectivity index (χ2v) is 13.3. The summed E-state index contributed by atoms with van der Waals surface area (Å²) < 4.78 is 49.0. The second-order valence-electron chi connectivity index (χ2n) is 13.3. The first-order valence-electron chi connectivity index (χ1n) is 15.0. The molecule has 11 heteroatoms. The van der Waals surface area contributed by atoms with E-state index in [9.17, 15) is 14.4 Å². The molecule has 1 N–H and O–H groups in total. The van der Waals surface area contributed by atoms with Crippen LogP contribution < -0.4 is 14.8 Å². The first-order valence-corrected chi connectivity index (χ1v) is 15.0. The fourth-order valence-corrected chi connectivity index (χ4v) is 6.34. The van der Waals surface area contributed by atoms with Gasteiger partial charge in [-0.05, 0) is 61.8 Å². The lowest BCUT2D eigenvalue weighted by Crippen LogP contribution is -2.57. The fourth-order valence-electron chi connectivity index (χ4n) is 6.34. The molecular weight excluding hydrogens is 560 g/mol. The van der Waals surface area contributed by atoms with Crippen LogP contribution in [-0.2, 0) is 20.2 Å². The zero-order chi connectivity index (χ0) is 31.3. The van der Waals surface area contributed by atoms with Crippen LogP contribution in [0.25, 0.3) is 10.9 Å². The maximum atomic E-state index is 15.9. The van der Waals surface area contributed by atoms with Crippen LogP contribution in [0.1, 0.15) is 72.4 Å². The molecule has 5 rings (SSSR count). The predicted molar refractivity (Wildman–Crippen MR) is 155 cm³/mol. The van der Waals surface area contributed by atoms with E-state index in [1.807, 2.05) is 20.8 Å². The number of nitrogens with one attached hydrogen (secondary N) is 1. The molecule has 2 aromatic rings. The van der Waals surface area contributed by atoms with Crippen molar-refractivity contribution in [1.82, 2.24) is 15.2 Å². The van der Waals surface area contributed by atoms with Crippen molar-refractivity contribution in [2.75, 3.05) is 13.7 Å². The monoisotopic (exact) mass is 601 g/mol. The molecule has 1 saturated heterocycles. The number of Topliss-reactive ketones (excluding diaryl/α,β-unsaturated/α-hetero) is 1. The summed E-state index contributed by atoms with van der Waals surface area (Å²) >= 11 is 0. The van der Waals surface area contributed by atoms with Crippen LogP contribution in [0.2, 0.25) is 0 Å². The Hall–Kier alpha value is -3.50. The van der Waals surface area contributed by atoms with Gasteiger partial charge in [-0.2, -0.15) is 8.78 Å². The standard InChI is InChI=1S/C32H41F2N3O6/c1-17-25-16-37(26(17)18(2)38)29(39)28(31(3,4)5)36-30(40)43-23-14-19(23)9-7-8-12-32(33,34)27-24(42-25)15-20-13-21(41-6)10-11-22(20)35-27/h10-11,13,15,17,19,23,25-26,28H,7-9,12,14,16H2,1-6H3,(H,36,40)/t17-,19-,23-,25+,26+,28-/m1/s1. The number of carbonyl (C=O) groups excluding carboxylic acids is 3. The van der Waals surface area contributed by atoms with Crippen molar-refractivity contribution in [2.45, 2.75) is 96.9 Å². The Balaban J connectivity index is 1.57. The normalized spacial score (nSPS) is 29.7. The molecular formula is C32H41F2N3O6. The van der Waals surface area contributed by atoms with Crippen molar-refractivity contribution in [1.29, 1.82) is 0 Å². The number of carbonyl (C=O) groups is 3. The molecule has 1 aromatic heterocycles. The number of rotatable bonds is 2. The van der Waals surface area contributed by atoms with Crippen LogP contribution in [0, 0.1) is 17.3 Å². The summed E-state index contributed by atoms with van der Waals surface area (Å²) in [5, 5.41) is 3.32. The largest absolute Gasteiger partial charge is 0.497 e. The Kier molecular flexibility index (Phi) is 8.30. The Labute approximate surface area is 250 Å². The number of ether oxygens (including phenoxy) is 3. The number of alkyl halides is 2. The van der Waals surface area contributed by atoms with Crippen molar-refractivity contribution in [3.8, 4) is 11.5 Å². The van der Waals surface area contributed by atoms with Gasteiger partial charge in [0.15, 0.2) is 11.5 Å². The molecule has 2 aliphatic heterocycles. The highest BCUT2D eigenvalue weighted by Gasteiger charge is 2.50. The van der Waals surface area contributed by atoms with E-state index < -0.39 is 59.6 Å². The molecule has 9 nitrogen and oxygen atoms in total. The van der Waals surface area contributed by atoms with E-state index >= 15 is 8.78 Å². The van der Waals surface area contributed by atoms with E-state index in [2.05, 4.69) is 10.3 Å². The summed E-state index contributed by atoms with van der Waals surface area (Å²) in [6.45, 7) is 8.59. The van der Waals surface area contributed by atoms with Gasteiger partial charge in [0.25, 0.3) is 5.92 Å². The number of alkyl carbamates (subject to hydrolysis) is 1. The Morgan fingerprint density at radius 1 is 1.14 bits per heavy atom. The van der Waals surface area contributed by atoms with E-state index in [0.717, 1.165) is 0 Å². The van der Waals surface area contributed by atoms with Crippen LogP contribution in [0.4, 0.5) is 13.6 Å². The highest BCUT2D eigenvalue weighted by atomic mass is 19.3. The lowest BCUT2D eigenvalue weighted by molar-refractivity contribution is -0.141. The van der Waals surface area contributed by atoms with Gasteiger partial charge in [-0.3, -0.25) is 9.59 Å². The fraction of sp³-hybridized carbons (Fsp3) is 0.625. The van der Waals surface area contributed by atoms with Gasteiger partial charge in [0, 0.05) is 17.7 Å². The summed E-state index contributed by atoms with van der Waals surface area (Å²) in [6, 6.07) is 4.68. The minimum Gasteiger partial charge on any atom is -0.497 e. The van der Waals surface area contributed by atoms with Gasteiger partial charge in [0.2, 0.25) is 5.91 Å². The van der Waals surface area contributed by atoms with Gasteiger partial charge < -0.3 is 24.4 Å². The molecule has 1 aromatic carbocycles. The number of hydrogen-bond acceptors (Lipinski definition) is 7. The number of methoxy groups -OCH3 is 1. The summed E-state index contributed by atoms with van der Waals surface area (Å²) in [5.74, 6) is -3.98. The molecule has 2 bridgehead atoms. The van der Waals surface area contributed by atoms with Gasteiger partial charge in [0.05, 0.1) is 25.2 Å². The van der Waals surface area contributed by atoms with E-state index in [1.165, 1.54) is 25.0 Å². The molecule has 43 heavy (non-hydrogen) atoms. The molecule has 6 atom stereocenters. The van der Waals surface area contributed by atoms with E-state index in [1.54, 1.807) is 25.1 Å². The number of amides is 2. The second kappa shape index (κ2) is 11.5. The molecule has 3 heterocycles. The molecule has 3 aliphatic rings. The van der Waals surface area contributed by atoms with E-state index in [-0.39, 0.29) is 36.5 Å². The molecule has 1 saturated carbocycles. The Bertz CT molecular complexity index is 1410. The van der Waals surface area contributed by atoms with E-state index in [0.29, 0.717) is 35.9 Å². The van der Waals surface area contributed by atoms with Crippen molar-refractivity contribution in [2.24, 2.45) is 17.3 Å². The molecule has 1 aliphatic carbocycles. The lowest BCUT2D eigenvalue weighted by Gasteiger charge is -2.35. The summed E-state index contributed by atoms with van der Waals surface area (Å²) in [4.78, 5) is 45.6. The quantitative estimate of drug-likeness (QED) is 0.476. The zero-order valence-corrected chi connectivity index (χ0v) is 25.6. The van der Waals surface area contributed by atoms with Crippen molar-refractivity contribution >= 4 is 28.7 Å². The van der Waals surface area contributed by atoms with Gasteiger partial charge >= 0.3 is 6.09 Å². The number of benzene rings is 1. The SMILES string of the molecule is COc1ccc2nc3c(cc2c1)O[C@H]1CN(C(=O)[C@H](C(C)(C)C)NC(=O)O[C@@H]2C[C@H]2CCCCC3(F)F)[C@H](C(C)=O)[C@@H]1C. The van der Waals surface area contributed by atoms with Gasteiger partial charge in [-0.1, -0.05) is 34.1 Å². The van der Waals surface area contributed by atoms with Gasteiger partial charge in [-0.25, -0.2) is 9.78 Å². The van der Waals surface area contributed by atoms with E-state index in [4.69, 9.17) is 14.2 Å². The van der Waals surface area contributed by atoms with Crippen LogP contribution in [-0.4, -0.2) is 65.6 Å². The third-order valence-corrected chi connectivity index (χ3v) is 8.92. The average Bonchev–Trinajstić information content (AvgIpc) is 3.58. The van der Waals surface area contributed by atoms with Crippen molar-refractivity contribution < 1.29 is 37.4 Å². The number of pyridine rings is 1. The average molecular weight is 602 g/mol. The molecule has 2 amide bonds. The van der Waals surface area contributed by atoms with Crippen LogP contribution in [0.5, 0.6) is 11.5 Å². The topological polar surface area (TPSA) is 107 Å². The molecule has 234 valence electrons. The highest BCUT2D eigenvalue weighted by molar-refractivity contribution is 5.92. The van der Waals surface area contributed by atoms with Crippen LogP contribution in [0.3, 0.4) is 0 Å². The lowest BCUT2D eigenvalue weighted by atomic mass is 9.85. The molecule has 0 spiro atoms. The summed E-state index contributed by atoms with van der Waals surface area (Å²) in [7, 11) is 1.52. The molecule has 2 fully saturated rings. The van der Waals surface area contributed by atoms with Crippen LogP contribution >= 0.6 is 0 Å². The number of aromatic nitrogens is 1. The zero-order valence-electron chi connectivity index (χ0n) is 25.6. The number of fused-ring (bicyclic) bond motifs is 5. The van der Waals surface area contributed by atoms with Gasteiger partial charge in [-0.15, -0.1) is 0 Å². The minimum atomic E-state index is -3.29. The predicted octanol–water partition coefficient (Wildman–Crippen LogP) is 5.62. The maximum Gasteiger partial charge on any atom is 0.408 e. The highest BCUT2D eigenvalue weighted by Crippen LogP contribution is 2.43. The summed E-state index contributed by atoms with van der Waals surface area (Å²) in [6.07, 6.45) is -0.112. The number of nitrogens with zero attached hydrogens (tertiary/aromatic N) is 2. The third kappa shape index (κ3) is 6.40. The Morgan fingerprint density at radius 3 is 2.56 bits per heavy atom. The van der Waals surface area contributed by atoms with Crippen molar-refractivity contribution in [3.05, 3.63) is 30.0 Å².